The number of carboxylic acids is 1. The second-order valence-electron chi connectivity index (χ2n) is 5.34. The number of hydrogen-bond donors (Lipinski definition) is 2. The Balaban J connectivity index is 2.48. The lowest BCUT2D eigenvalue weighted by Gasteiger charge is -2.07. The van der Waals surface area contributed by atoms with E-state index in [1.165, 1.54) is 0 Å². The first-order valence-electron chi connectivity index (χ1n) is 6.19. The Hall–Kier alpha value is -1.03. The molecule has 1 unspecified atom stereocenters. The van der Waals surface area contributed by atoms with Crippen LogP contribution in [0.4, 0.5) is 0 Å². The van der Waals surface area contributed by atoms with E-state index in [0.717, 1.165) is 19.3 Å². The zero-order chi connectivity index (χ0) is 13.8. The van der Waals surface area contributed by atoms with Gasteiger partial charge in [-0.3, -0.25) is 4.79 Å². The van der Waals surface area contributed by atoms with E-state index in [1.54, 1.807) is 6.08 Å². The van der Waals surface area contributed by atoms with Crippen LogP contribution in [-0.4, -0.2) is 22.9 Å². The van der Waals surface area contributed by atoms with Gasteiger partial charge >= 0.3 is 5.97 Å². The Bertz CT molecular complexity index is 363. The van der Waals surface area contributed by atoms with Gasteiger partial charge in [-0.15, -0.1) is 11.6 Å². The van der Waals surface area contributed by atoms with Crippen LogP contribution in [-0.2, 0) is 9.59 Å². The molecule has 0 aliphatic heterocycles. The summed E-state index contributed by atoms with van der Waals surface area (Å²) in [7, 11) is 0. The molecule has 5 heteroatoms. The lowest BCUT2D eigenvalue weighted by atomic mass is 10.1. The van der Waals surface area contributed by atoms with Crippen molar-refractivity contribution < 1.29 is 14.7 Å². The predicted octanol–water partition coefficient (Wildman–Crippen LogP) is 2.53. The number of unbranched alkanes of at least 4 members (excludes halogenated alkanes) is 2. The van der Waals surface area contributed by atoms with Crippen LogP contribution in [0, 0.1) is 11.3 Å². The highest BCUT2D eigenvalue weighted by Gasteiger charge is 2.50. The third kappa shape index (κ3) is 4.33. The summed E-state index contributed by atoms with van der Waals surface area (Å²) in [5.74, 6) is -0.777. The quantitative estimate of drug-likeness (QED) is 0.426. The summed E-state index contributed by atoms with van der Waals surface area (Å²) in [4.78, 5) is 22.8. The first-order valence-corrected chi connectivity index (χ1v) is 6.72. The van der Waals surface area contributed by atoms with Crippen molar-refractivity contribution in [2.45, 2.75) is 39.5 Å². The van der Waals surface area contributed by atoms with Crippen LogP contribution in [0.2, 0.25) is 0 Å². The number of hydrogen-bond acceptors (Lipinski definition) is 2. The fraction of sp³-hybridized carbons (Fsp3) is 0.692. The normalized spacial score (nSPS) is 21.5. The van der Waals surface area contributed by atoms with E-state index in [0.29, 0.717) is 12.3 Å². The molecule has 1 fully saturated rings. The van der Waals surface area contributed by atoms with Crippen molar-refractivity contribution >= 4 is 23.5 Å². The van der Waals surface area contributed by atoms with E-state index in [1.807, 2.05) is 13.8 Å². The summed E-state index contributed by atoms with van der Waals surface area (Å²) in [6, 6.07) is 0. The summed E-state index contributed by atoms with van der Waals surface area (Å²) in [6.07, 6.45) is 4.66. The molecule has 18 heavy (non-hydrogen) atoms. The molecule has 4 nitrogen and oxygen atoms in total. The largest absolute Gasteiger partial charge is 0.477 e. The summed E-state index contributed by atoms with van der Waals surface area (Å²) >= 11 is 5.54. The van der Waals surface area contributed by atoms with Gasteiger partial charge in [-0.05, 0) is 31.1 Å². The summed E-state index contributed by atoms with van der Waals surface area (Å²) in [6.45, 7) is 4.00. The van der Waals surface area contributed by atoms with Gasteiger partial charge < -0.3 is 10.4 Å². The molecule has 1 rings (SSSR count). The number of amides is 1. The molecular formula is C13H20ClNO3. The van der Waals surface area contributed by atoms with Gasteiger partial charge in [-0.1, -0.05) is 19.9 Å². The smallest absolute Gasteiger partial charge is 0.352 e. The van der Waals surface area contributed by atoms with Crippen LogP contribution in [0.3, 0.4) is 0 Å². The number of aliphatic carboxylic acids is 1. The molecule has 0 heterocycles. The Morgan fingerprint density at radius 2 is 2.06 bits per heavy atom. The number of nitrogens with one attached hydrogen (secondary N) is 1. The third-order valence-electron chi connectivity index (χ3n) is 3.25. The molecule has 0 aromatic carbocycles. The van der Waals surface area contributed by atoms with E-state index in [2.05, 4.69) is 5.32 Å². The lowest BCUT2D eigenvalue weighted by molar-refractivity contribution is -0.135. The maximum absolute atomic E-state index is 11.8. The molecular weight excluding hydrogens is 254 g/mol. The van der Waals surface area contributed by atoms with Gasteiger partial charge in [0.1, 0.15) is 5.70 Å². The van der Waals surface area contributed by atoms with Gasteiger partial charge in [-0.25, -0.2) is 4.79 Å². The molecule has 0 spiro atoms. The van der Waals surface area contributed by atoms with E-state index in [-0.39, 0.29) is 22.9 Å². The molecule has 0 bridgehead atoms. The van der Waals surface area contributed by atoms with Crippen molar-refractivity contribution in [1.29, 1.82) is 0 Å². The molecule has 0 saturated heterocycles. The van der Waals surface area contributed by atoms with Crippen LogP contribution >= 0.6 is 11.6 Å². The van der Waals surface area contributed by atoms with Gasteiger partial charge in [0.25, 0.3) is 0 Å². The van der Waals surface area contributed by atoms with Crippen molar-refractivity contribution in [3.63, 3.8) is 0 Å². The average molecular weight is 274 g/mol. The van der Waals surface area contributed by atoms with Crippen LogP contribution in [0.1, 0.15) is 39.5 Å². The average Bonchev–Trinajstić information content (AvgIpc) is 2.92. The lowest BCUT2D eigenvalue weighted by Crippen LogP contribution is -2.29. The molecule has 1 aliphatic rings. The van der Waals surface area contributed by atoms with E-state index >= 15 is 0 Å². The molecule has 0 aromatic rings. The molecule has 102 valence electrons. The number of carboxylic acid groups (broad SMARTS) is 1. The second kappa shape index (κ2) is 6.23. The van der Waals surface area contributed by atoms with Crippen LogP contribution < -0.4 is 5.32 Å². The zero-order valence-electron chi connectivity index (χ0n) is 10.8. The highest BCUT2D eigenvalue weighted by Crippen LogP contribution is 2.51. The number of carbonyl (C=O) groups excluding carboxylic acids is 1. The first kappa shape index (κ1) is 15.0. The van der Waals surface area contributed by atoms with Crippen LogP contribution in [0.25, 0.3) is 0 Å². The van der Waals surface area contributed by atoms with Gasteiger partial charge in [0.2, 0.25) is 5.91 Å². The minimum Gasteiger partial charge on any atom is -0.477 e. The van der Waals surface area contributed by atoms with Gasteiger partial charge in [0, 0.05) is 11.8 Å². The monoisotopic (exact) mass is 273 g/mol. The van der Waals surface area contributed by atoms with E-state index < -0.39 is 5.97 Å². The van der Waals surface area contributed by atoms with Crippen molar-refractivity contribution in [2.75, 3.05) is 5.88 Å². The van der Waals surface area contributed by atoms with Crippen LogP contribution in [0.5, 0.6) is 0 Å². The Morgan fingerprint density at radius 1 is 1.44 bits per heavy atom. The molecule has 2 N–H and O–H groups in total. The highest BCUT2D eigenvalue weighted by molar-refractivity contribution is 6.17. The topological polar surface area (TPSA) is 66.4 Å². The van der Waals surface area contributed by atoms with Crippen molar-refractivity contribution in [2.24, 2.45) is 11.3 Å². The van der Waals surface area contributed by atoms with Gasteiger partial charge in [0.15, 0.2) is 0 Å². The Morgan fingerprint density at radius 3 is 2.50 bits per heavy atom. The number of allylic oxidation sites excluding steroid dienone is 1. The maximum Gasteiger partial charge on any atom is 0.352 e. The van der Waals surface area contributed by atoms with E-state index in [4.69, 9.17) is 16.7 Å². The fourth-order valence-corrected chi connectivity index (χ4v) is 2.00. The van der Waals surface area contributed by atoms with E-state index in [9.17, 15) is 9.59 Å². The number of rotatable bonds is 7. The predicted molar refractivity (Wildman–Crippen MR) is 70.3 cm³/mol. The fourth-order valence-electron chi connectivity index (χ4n) is 1.81. The SMILES string of the molecule is CC1(C)CC1C(=O)N/C(=C\CCCCCl)C(=O)O. The minimum atomic E-state index is -1.09. The molecule has 1 aliphatic carbocycles. The van der Waals surface area contributed by atoms with Crippen molar-refractivity contribution in [3.05, 3.63) is 11.8 Å². The molecule has 1 amide bonds. The summed E-state index contributed by atoms with van der Waals surface area (Å²) < 4.78 is 0. The molecule has 0 radical (unpaired) electrons. The number of alkyl halides is 1. The Labute approximate surface area is 112 Å². The van der Waals surface area contributed by atoms with Crippen LogP contribution in [0.15, 0.2) is 11.8 Å². The summed E-state index contributed by atoms with van der Waals surface area (Å²) in [5, 5.41) is 11.5. The third-order valence-corrected chi connectivity index (χ3v) is 3.52. The Kier molecular flexibility index (Phi) is 5.20. The first-order chi connectivity index (χ1) is 8.38. The number of carbonyl (C=O) groups is 2. The molecule has 0 aromatic heterocycles. The zero-order valence-corrected chi connectivity index (χ0v) is 11.6. The minimum absolute atomic E-state index is 0.00627. The molecule has 1 saturated carbocycles. The second-order valence-corrected chi connectivity index (χ2v) is 5.72. The maximum atomic E-state index is 11.8. The van der Waals surface area contributed by atoms with Crippen molar-refractivity contribution in [3.8, 4) is 0 Å². The van der Waals surface area contributed by atoms with Gasteiger partial charge in [-0.2, -0.15) is 0 Å². The molecule has 1 atom stereocenters. The van der Waals surface area contributed by atoms with Gasteiger partial charge in [0.05, 0.1) is 0 Å². The number of halogens is 1. The highest BCUT2D eigenvalue weighted by atomic mass is 35.5. The van der Waals surface area contributed by atoms with Crippen molar-refractivity contribution in [1.82, 2.24) is 5.32 Å². The summed E-state index contributed by atoms with van der Waals surface area (Å²) in [5.41, 5.74) is -0.0101. The standard InChI is InChI=1S/C13H20ClNO3/c1-13(2)8-9(13)11(16)15-10(12(17)18)6-4-3-5-7-14/h6,9H,3-5,7-8H2,1-2H3,(H,15,16)(H,17,18)/b10-6-.